The summed E-state index contributed by atoms with van der Waals surface area (Å²) in [5.41, 5.74) is 1.49. The highest BCUT2D eigenvalue weighted by molar-refractivity contribution is 5.69. The number of nitrogens with zero attached hydrogens (tertiary/aromatic N) is 2. The summed E-state index contributed by atoms with van der Waals surface area (Å²) in [5.74, 6) is 0. The minimum Gasteiger partial charge on any atom is -0.444 e. The van der Waals surface area contributed by atoms with Crippen molar-refractivity contribution in [2.45, 2.75) is 58.6 Å². The van der Waals surface area contributed by atoms with E-state index in [1.807, 2.05) is 50.8 Å². The summed E-state index contributed by atoms with van der Waals surface area (Å²) in [7, 11) is 0. The Hall–Kier alpha value is -1.58. The van der Waals surface area contributed by atoms with Crippen LogP contribution in [0.25, 0.3) is 0 Å². The van der Waals surface area contributed by atoms with Crippen LogP contribution in [0, 0.1) is 6.92 Å². The molecule has 4 nitrogen and oxygen atoms in total. The van der Waals surface area contributed by atoms with Gasteiger partial charge >= 0.3 is 6.09 Å². The molecule has 0 radical (unpaired) electrons. The lowest BCUT2D eigenvalue weighted by molar-refractivity contribution is 0.00898. The van der Waals surface area contributed by atoms with Gasteiger partial charge in [0.25, 0.3) is 0 Å². The maximum Gasteiger partial charge on any atom is 0.410 e. The fraction of sp³-hybridized carbons (Fsp3) is 0.625. The molecule has 1 atom stereocenters. The Labute approximate surface area is 121 Å². The van der Waals surface area contributed by atoms with Gasteiger partial charge < -0.3 is 4.74 Å². The van der Waals surface area contributed by atoms with Gasteiger partial charge in [-0.3, -0.25) is 9.88 Å². The van der Waals surface area contributed by atoms with Crippen molar-refractivity contribution in [3.63, 3.8) is 0 Å². The first-order chi connectivity index (χ1) is 9.37. The minimum atomic E-state index is -0.459. The summed E-state index contributed by atoms with van der Waals surface area (Å²) >= 11 is 0. The van der Waals surface area contributed by atoms with E-state index in [9.17, 15) is 4.79 Å². The van der Waals surface area contributed by atoms with Crippen LogP contribution in [0.3, 0.4) is 0 Å². The van der Waals surface area contributed by atoms with Gasteiger partial charge in [-0.05, 0) is 59.1 Å². The van der Waals surface area contributed by atoms with Crippen molar-refractivity contribution in [1.82, 2.24) is 9.88 Å². The number of amides is 1. The highest BCUT2D eigenvalue weighted by Gasteiger charge is 2.32. The van der Waals surface area contributed by atoms with Crippen LogP contribution in [-0.4, -0.2) is 28.1 Å². The molecule has 1 aromatic rings. The summed E-state index contributed by atoms with van der Waals surface area (Å²) in [6.45, 7) is 8.41. The molecule has 0 spiro atoms. The predicted molar refractivity (Wildman–Crippen MR) is 78.5 cm³/mol. The zero-order chi connectivity index (χ0) is 14.8. The Morgan fingerprint density at radius 3 is 2.75 bits per heavy atom. The van der Waals surface area contributed by atoms with E-state index in [0.29, 0.717) is 0 Å². The zero-order valence-electron chi connectivity index (χ0n) is 12.8. The molecule has 1 aliphatic heterocycles. The number of carbonyl (C=O) groups excluding carboxylic acids is 1. The summed E-state index contributed by atoms with van der Waals surface area (Å²) in [5, 5.41) is 0. The second-order valence-corrected chi connectivity index (χ2v) is 6.39. The lowest BCUT2D eigenvalue weighted by Gasteiger charge is -2.36. The molecule has 110 valence electrons. The number of ether oxygens (including phenoxy) is 1. The summed E-state index contributed by atoms with van der Waals surface area (Å²) in [6, 6.07) is 6.02. The van der Waals surface area contributed by atoms with Gasteiger partial charge in [-0.15, -0.1) is 0 Å². The average molecular weight is 276 g/mol. The first kappa shape index (κ1) is 14.8. The number of rotatable bonds is 1. The van der Waals surface area contributed by atoms with Crippen molar-refractivity contribution in [2.75, 3.05) is 6.54 Å². The van der Waals surface area contributed by atoms with Crippen molar-refractivity contribution >= 4 is 6.09 Å². The summed E-state index contributed by atoms with van der Waals surface area (Å²) in [6.07, 6.45) is 2.88. The topological polar surface area (TPSA) is 42.4 Å². The summed E-state index contributed by atoms with van der Waals surface area (Å²) in [4.78, 5) is 18.8. The molecular weight excluding hydrogens is 252 g/mol. The molecule has 20 heavy (non-hydrogen) atoms. The van der Waals surface area contributed by atoms with Crippen LogP contribution in [0.15, 0.2) is 18.2 Å². The van der Waals surface area contributed by atoms with Gasteiger partial charge in [0.05, 0.1) is 11.7 Å². The number of hydrogen-bond acceptors (Lipinski definition) is 3. The molecule has 1 fully saturated rings. The molecule has 0 saturated carbocycles. The number of piperidine rings is 1. The van der Waals surface area contributed by atoms with Gasteiger partial charge in [-0.1, -0.05) is 6.07 Å². The van der Waals surface area contributed by atoms with Crippen LogP contribution >= 0.6 is 0 Å². The van der Waals surface area contributed by atoms with E-state index in [1.165, 1.54) is 0 Å². The molecule has 0 unspecified atom stereocenters. The standard InChI is InChI=1S/C16H24N2O2/c1-12-8-7-9-13(17-12)14-10-5-6-11-18(14)15(19)20-16(2,3)4/h7-9,14H,5-6,10-11H2,1-4H3/t14-/m0/s1. The molecule has 4 heteroatoms. The molecule has 0 aromatic carbocycles. The lowest BCUT2D eigenvalue weighted by Crippen LogP contribution is -2.42. The van der Waals surface area contributed by atoms with Crippen molar-refractivity contribution in [1.29, 1.82) is 0 Å². The maximum absolute atomic E-state index is 12.4. The predicted octanol–water partition coefficient (Wildman–Crippen LogP) is 3.85. The van der Waals surface area contributed by atoms with Crippen LogP contribution in [0.5, 0.6) is 0 Å². The normalized spacial score (nSPS) is 19.8. The number of carbonyl (C=O) groups is 1. The second-order valence-electron chi connectivity index (χ2n) is 6.39. The SMILES string of the molecule is Cc1cccc([C@@H]2CCCCN2C(=O)OC(C)(C)C)n1. The molecule has 0 aliphatic carbocycles. The largest absolute Gasteiger partial charge is 0.444 e. The number of pyridine rings is 1. The lowest BCUT2D eigenvalue weighted by atomic mass is 9.99. The third-order valence-corrected chi connectivity index (χ3v) is 3.38. The molecule has 1 aromatic heterocycles. The van der Waals surface area contributed by atoms with Gasteiger partial charge in [0.1, 0.15) is 5.60 Å². The molecule has 0 bridgehead atoms. The van der Waals surface area contributed by atoms with E-state index in [1.54, 1.807) is 0 Å². The fourth-order valence-electron chi connectivity index (χ4n) is 2.53. The molecule has 2 rings (SSSR count). The Morgan fingerprint density at radius 1 is 1.35 bits per heavy atom. The van der Waals surface area contributed by atoms with Crippen LogP contribution in [0.1, 0.15) is 57.5 Å². The average Bonchev–Trinajstić information content (AvgIpc) is 2.37. The van der Waals surface area contributed by atoms with E-state index in [4.69, 9.17) is 4.74 Å². The molecular formula is C16H24N2O2. The highest BCUT2D eigenvalue weighted by atomic mass is 16.6. The molecule has 0 N–H and O–H groups in total. The van der Waals surface area contributed by atoms with E-state index in [0.717, 1.165) is 37.2 Å². The first-order valence-electron chi connectivity index (χ1n) is 7.30. The molecule has 1 saturated heterocycles. The Bertz CT molecular complexity index is 480. The Balaban J connectivity index is 2.19. The summed E-state index contributed by atoms with van der Waals surface area (Å²) < 4.78 is 5.52. The van der Waals surface area contributed by atoms with Crippen molar-refractivity contribution < 1.29 is 9.53 Å². The Morgan fingerprint density at radius 2 is 2.10 bits per heavy atom. The molecule has 2 heterocycles. The van der Waals surface area contributed by atoms with Crippen LogP contribution in [-0.2, 0) is 4.74 Å². The van der Waals surface area contributed by atoms with Gasteiger partial charge in [0.2, 0.25) is 0 Å². The molecule has 1 aliphatic rings. The van der Waals surface area contributed by atoms with Crippen LogP contribution < -0.4 is 0 Å². The van der Waals surface area contributed by atoms with Crippen LogP contribution in [0.4, 0.5) is 4.79 Å². The van der Waals surface area contributed by atoms with Crippen LogP contribution in [0.2, 0.25) is 0 Å². The van der Waals surface area contributed by atoms with E-state index in [2.05, 4.69) is 4.98 Å². The van der Waals surface area contributed by atoms with Crippen molar-refractivity contribution in [3.05, 3.63) is 29.6 Å². The third-order valence-electron chi connectivity index (χ3n) is 3.38. The maximum atomic E-state index is 12.4. The van der Waals surface area contributed by atoms with E-state index >= 15 is 0 Å². The first-order valence-corrected chi connectivity index (χ1v) is 7.30. The minimum absolute atomic E-state index is 0.0403. The van der Waals surface area contributed by atoms with Gasteiger partial charge in [-0.25, -0.2) is 4.79 Å². The van der Waals surface area contributed by atoms with Gasteiger partial charge in [0, 0.05) is 12.2 Å². The highest BCUT2D eigenvalue weighted by Crippen LogP contribution is 2.31. The van der Waals surface area contributed by atoms with E-state index in [-0.39, 0.29) is 12.1 Å². The number of aryl methyl sites for hydroxylation is 1. The van der Waals surface area contributed by atoms with Gasteiger partial charge in [0.15, 0.2) is 0 Å². The fourth-order valence-corrected chi connectivity index (χ4v) is 2.53. The quantitative estimate of drug-likeness (QED) is 0.782. The number of likely N-dealkylation sites (tertiary alicyclic amines) is 1. The van der Waals surface area contributed by atoms with Crippen molar-refractivity contribution in [3.8, 4) is 0 Å². The van der Waals surface area contributed by atoms with Crippen molar-refractivity contribution in [2.24, 2.45) is 0 Å². The monoisotopic (exact) mass is 276 g/mol. The Kier molecular flexibility index (Phi) is 4.31. The van der Waals surface area contributed by atoms with Gasteiger partial charge in [-0.2, -0.15) is 0 Å². The number of hydrogen-bond donors (Lipinski definition) is 0. The van der Waals surface area contributed by atoms with E-state index < -0.39 is 5.60 Å². The smallest absolute Gasteiger partial charge is 0.410 e. The third kappa shape index (κ3) is 3.71. The second kappa shape index (κ2) is 5.81. The number of aromatic nitrogens is 1. The molecule has 1 amide bonds. The zero-order valence-corrected chi connectivity index (χ0v) is 12.8.